The van der Waals surface area contributed by atoms with Gasteiger partial charge in [0.25, 0.3) is 5.56 Å². The zero-order valence-corrected chi connectivity index (χ0v) is 16.9. The average Bonchev–Trinajstić information content (AvgIpc) is 3.33. The molecule has 6 nitrogen and oxygen atoms in total. The van der Waals surface area contributed by atoms with Crippen LogP contribution in [-0.2, 0) is 5.75 Å². The minimum Gasteiger partial charge on any atom is -0.454 e. The third kappa shape index (κ3) is 3.27. The van der Waals surface area contributed by atoms with E-state index in [1.54, 1.807) is 4.57 Å². The highest BCUT2D eigenvalue weighted by molar-refractivity contribution is 7.98. The van der Waals surface area contributed by atoms with Crippen LogP contribution in [0.25, 0.3) is 16.7 Å². The zero-order valence-electron chi connectivity index (χ0n) is 16.1. The quantitative estimate of drug-likeness (QED) is 0.404. The third-order valence-electron chi connectivity index (χ3n) is 4.85. The Labute approximate surface area is 171 Å². The summed E-state index contributed by atoms with van der Waals surface area (Å²) in [6.45, 7) is 4.21. The van der Waals surface area contributed by atoms with Crippen molar-refractivity contribution >= 4 is 22.8 Å². The van der Waals surface area contributed by atoms with Crippen LogP contribution in [0.5, 0.6) is 11.5 Å². The Balaban J connectivity index is 1.57. The Morgan fingerprint density at radius 1 is 1.07 bits per heavy atom. The summed E-state index contributed by atoms with van der Waals surface area (Å²) in [6, 6.07) is 15.7. The molecule has 7 heteroatoms. The van der Waals surface area contributed by atoms with Gasteiger partial charge in [-0.05, 0) is 49.7 Å². The molecule has 3 heterocycles. The lowest BCUT2D eigenvalue weighted by Gasteiger charge is -2.12. The van der Waals surface area contributed by atoms with E-state index in [2.05, 4.69) is 4.98 Å². The van der Waals surface area contributed by atoms with Crippen molar-refractivity contribution in [3.8, 4) is 17.2 Å². The van der Waals surface area contributed by atoms with Crippen molar-refractivity contribution in [2.75, 3.05) is 6.79 Å². The molecule has 0 fully saturated rings. The Hall–Kier alpha value is -3.19. The van der Waals surface area contributed by atoms with Crippen molar-refractivity contribution in [2.45, 2.75) is 24.8 Å². The summed E-state index contributed by atoms with van der Waals surface area (Å²) in [5, 5.41) is 0.656. The molecule has 2 aromatic heterocycles. The average molecular weight is 405 g/mol. The van der Waals surface area contributed by atoms with Gasteiger partial charge in [-0.15, -0.1) is 0 Å². The Morgan fingerprint density at radius 2 is 1.86 bits per heavy atom. The van der Waals surface area contributed by atoms with Crippen LogP contribution in [0.3, 0.4) is 0 Å². The van der Waals surface area contributed by atoms with Crippen molar-refractivity contribution in [2.24, 2.45) is 0 Å². The maximum atomic E-state index is 13.3. The molecule has 0 aliphatic carbocycles. The molecule has 1 aliphatic rings. The van der Waals surface area contributed by atoms with Gasteiger partial charge in [-0.25, -0.2) is 4.98 Å². The van der Waals surface area contributed by atoms with Gasteiger partial charge in [0.2, 0.25) is 6.79 Å². The van der Waals surface area contributed by atoms with Crippen LogP contribution < -0.4 is 15.0 Å². The minimum atomic E-state index is -0.0971. The smallest absolute Gasteiger partial charge is 0.283 e. The van der Waals surface area contributed by atoms with E-state index in [4.69, 9.17) is 14.5 Å². The molecule has 0 saturated heterocycles. The van der Waals surface area contributed by atoms with Crippen LogP contribution in [0, 0.1) is 13.8 Å². The molecular weight excluding hydrogens is 386 g/mol. The molecule has 5 rings (SSSR count). The summed E-state index contributed by atoms with van der Waals surface area (Å²) in [5.74, 6) is 2.17. The number of thioether (sulfide) groups is 1. The van der Waals surface area contributed by atoms with Crippen molar-refractivity contribution in [3.05, 3.63) is 75.7 Å². The minimum absolute atomic E-state index is 0.0971. The second-order valence-corrected chi connectivity index (χ2v) is 8.00. The molecule has 0 amide bonds. The molecular formula is C22H19N3O3S. The molecule has 0 spiro atoms. The van der Waals surface area contributed by atoms with Crippen molar-refractivity contribution < 1.29 is 9.47 Å². The fourth-order valence-electron chi connectivity index (χ4n) is 3.37. The number of aromatic nitrogens is 3. The van der Waals surface area contributed by atoms with E-state index in [0.29, 0.717) is 21.9 Å². The van der Waals surface area contributed by atoms with Crippen LogP contribution in [0.4, 0.5) is 0 Å². The first-order chi connectivity index (χ1) is 14.1. The van der Waals surface area contributed by atoms with Gasteiger partial charge in [-0.1, -0.05) is 35.5 Å². The molecule has 0 saturated carbocycles. The molecule has 29 heavy (non-hydrogen) atoms. The topological polar surface area (TPSA) is 69.1 Å². The SMILES string of the molecule is Cc1ccc(-n2c(SCc3ccc4c(c3)OCO4)nc3cc(C)[nH]c3c2=O)cc1. The van der Waals surface area contributed by atoms with Crippen molar-refractivity contribution in [1.82, 2.24) is 14.5 Å². The highest BCUT2D eigenvalue weighted by Gasteiger charge is 2.17. The molecule has 0 unspecified atom stereocenters. The second-order valence-electron chi connectivity index (χ2n) is 7.06. The maximum Gasteiger partial charge on any atom is 0.283 e. The highest BCUT2D eigenvalue weighted by Crippen LogP contribution is 2.34. The number of nitrogens with zero attached hydrogens (tertiary/aromatic N) is 2. The molecule has 4 aromatic rings. The Morgan fingerprint density at radius 3 is 2.69 bits per heavy atom. The maximum absolute atomic E-state index is 13.3. The third-order valence-corrected chi connectivity index (χ3v) is 5.86. The fourth-order valence-corrected chi connectivity index (χ4v) is 4.33. The van der Waals surface area contributed by atoms with Gasteiger partial charge >= 0.3 is 0 Å². The first kappa shape index (κ1) is 17.9. The summed E-state index contributed by atoms with van der Waals surface area (Å²) in [6.07, 6.45) is 0. The number of aryl methyl sites for hydroxylation is 2. The van der Waals surface area contributed by atoms with E-state index in [9.17, 15) is 4.79 Å². The zero-order chi connectivity index (χ0) is 20.0. The van der Waals surface area contributed by atoms with Gasteiger partial charge in [-0.3, -0.25) is 9.36 Å². The molecule has 0 atom stereocenters. The number of ether oxygens (including phenoxy) is 2. The number of rotatable bonds is 4. The normalized spacial score (nSPS) is 12.6. The lowest BCUT2D eigenvalue weighted by Crippen LogP contribution is -2.21. The number of H-pyrrole nitrogens is 1. The van der Waals surface area contributed by atoms with Crippen LogP contribution >= 0.6 is 11.8 Å². The molecule has 2 aromatic carbocycles. The van der Waals surface area contributed by atoms with Crippen LogP contribution in [-0.4, -0.2) is 21.3 Å². The van der Waals surface area contributed by atoms with Gasteiger partial charge in [0.15, 0.2) is 16.7 Å². The molecule has 0 radical (unpaired) electrons. The predicted octanol–water partition coefficient (Wildman–Crippen LogP) is 4.35. The monoisotopic (exact) mass is 405 g/mol. The number of benzene rings is 2. The summed E-state index contributed by atoms with van der Waals surface area (Å²) in [4.78, 5) is 21.2. The van der Waals surface area contributed by atoms with Gasteiger partial charge in [0, 0.05) is 11.4 Å². The van der Waals surface area contributed by atoms with Crippen molar-refractivity contribution in [3.63, 3.8) is 0 Å². The molecule has 146 valence electrons. The molecule has 1 N–H and O–H groups in total. The first-order valence-corrected chi connectivity index (χ1v) is 10.3. The van der Waals surface area contributed by atoms with Gasteiger partial charge in [-0.2, -0.15) is 0 Å². The van der Waals surface area contributed by atoms with E-state index >= 15 is 0 Å². The van der Waals surface area contributed by atoms with E-state index < -0.39 is 0 Å². The predicted molar refractivity (Wildman–Crippen MR) is 113 cm³/mol. The summed E-state index contributed by atoms with van der Waals surface area (Å²) < 4.78 is 12.5. The Bertz CT molecular complexity index is 1280. The van der Waals surface area contributed by atoms with Gasteiger partial charge < -0.3 is 14.5 Å². The standard InChI is InChI=1S/C22H19N3O3S/c1-13-3-6-16(7-4-13)25-21(26)20-17(9-14(2)23-20)24-22(25)29-11-15-5-8-18-19(10-15)28-12-27-18/h3-10,23H,11-12H2,1-2H3. The summed E-state index contributed by atoms with van der Waals surface area (Å²) >= 11 is 1.52. The Kier molecular flexibility index (Phi) is 4.32. The molecule has 0 bridgehead atoms. The number of hydrogen-bond acceptors (Lipinski definition) is 5. The summed E-state index contributed by atoms with van der Waals surface area (Å²) in [7, 11) is 0. The number of aromatic amines is 1. The highest BCUT2D eigenvalue weighted by atomic mass is 32.2. The van der Waals surface area contributed by atoms with Gasteiger partial charge in [0.05, 0.1) is 11.2 Å². The lowest BCUT2D eigenvalue weighted by atomic mass is 10.2. The van der Waals surface area contributed by atoms with E-state index in [-0.39, 0.29) is 12.4 Å². The van der Waals surface area contributed by atoms with Crippen molar-refractivity contribution in [1.29, 1.82) is 0 Å². The first-order valence-electron chi connectivity index (χ1n) is 9.29. The second kappa shape index (κ2) is 7.00. The summed E-state index contributed by atoms with van der Waals surface area (Å²) in [5.41, 5.74) is 5.04. The van der Waals surface area contributed by atoms with E-state index in [0.717, 1.165) is 34.0 Å². The van der Waals surface area contributed by atoms with E-state index in [1.807, 2.05) is 62.4 Å². The molecule has 1 aliphatic heterocycles. The largest absolute Gasteiger partial charge is 0.454 e. The van der Waals surface area contributed by atoms with E-state index in [1.165, 1.54) is 11.8 Å². The number of fused-ring (bicyclic) bond motifs is 2. The lowest BCUT2D eigenvalue weighted by molar-refractivity contribution is 0.174. The van der Waals surface area contributed by atoms with Gasteiger partial charge in [0.1, 0.15) is 5.52 Å². The van der Waals surface area contributed by atoms with Crippen LogP contribution in [0.15, 0.2) is 58.5 Å². The van der Waals surface area contributed by atoms with Crippen LogP contribution in [0.2, 0.25) is 0 Å². The number of nitrogens with one attached hydrogen (secondary N) is 1. The van der Waals surface area contributed by atoms with Crippen LogP contribution in [0.1, 0.15) is 16.8 Å². The number of hydrogen-bond donors (Lipinski definition) is 1. The fraction of sp³-hybridized carbons (Fsp3) is 0.182.